The van der Waals surface area contributed by atoms with Crippen molar-refractivity contribution in [1.29, 1.82) is 0 Å². The van der Waals surface area contributed by atoms with Crippen molar-refractivity contribution in [3.63, 3.8) is 0 Å². The monoisotopic (exact) mass is 249 g/mol. The molecule has 16 heavy (non-hydrogen) atoms. The third-order valence-corrected chi connectivity index (χ3v) is 5.54. The van der Waals surface area contributed by atoms with Crippen molar-refractivity contribution in [2.45, 2.75) is 32.4 Å². The molecule has 94 valence electrons. The second-order valence-electron chi connectivity index (χ2n) is 5.36. The zero-order valence-corrected chi connectivity index (χ0v) is 10.9. The van der Waals surface area contributed by atoms with Gasteiger partial charge in [-0.15, -0.1) is 0 Å². The molecule has 0 amide bonds. The van der Waals surface area contributed by atoms with Crippen molar-refractivity contribution in [2.75, 3.05) is 13.1 Å². The summed E-state index contributed by atoms with van der Waals surface area (Å²) in [7, 11) is -3.41. The maximum Gasteiger partial charge on any atom is 0.308 e. The fraction of sp³-hybridized carbons (Fsp3) is 0.900. The van der Waals surface area contributed by atoms with Gasteiger partial charge < -0.3 is 5.11 Å². The molecule has 0 saturated carbocycles. The lowest BCUT2D eigenvalue weighted by molar-refractivity contribution is -0.142. The quantitative estimate of drug-likeness (QED) is 0.784. The average molecular weight is 249 g/mol. The van der Waals surface area contributed by atoms with E-state index < -0.39 is 26.7 Å². The summed E-state index contributed by atoms with van der Waals surface area (Å²) in [6.45, 7) is 7.05. The summed E-state index contributed by atoms with van der Waals surface area (Å²) in [4.78, 5) is 10.9. The maximum atomic E-state index is 12.1. The van der Waals surface area contributed by atoms with Gasteiger partial charge in [0.2, 0.25) is 10.0 Å². The standard InChI is InChI=1S/C10H19NO4S/c1-7-5-11(6-8(7)9(12)13)16(14,15)10(2,3)4/h7-8H,5-6H2,1-4H3,(H,12,13). The Morgan fingerprint density at radius 2 is 1.81 bits per heavy atom. The van der Waals surface area contributed by atoms with E-state index in [1.807, 2.05) is 0 Å². The minimum atomic E-state index is -3.41. The first kappa shape index (κ1) is 13.4. The SMILES string of the molecule is CC1CN(S(=O)(=O)C(C)(C)C)CC1C(=O)O. The van der Waals surface area contributed by atoms with E-state index in [4.69, 9.17) is 5.11 Å². The van der Waals surface area contributed by atoms with Crippen molar-refractivity contribution >= 4 is 16.0 Å². The number of carboxylic acids is 1. The summed E-state index contributed by atoms with van der Waals surface area (Å²) >= 11 is 0. The first-order valence-electron chi connectivity index (χ1n) is 5.30. The van der Waals surface area contributed by atoms with Gasteiger partial charge in [-0.05, 0) is 26.7 Å². The third-order valence-electron chi connectivity index (χ3n) is 3.01. The molecule has 0 bridgehead atoms. The molecule has 1 aliphatic heterocycles. The topological polar surface area (TPSA) is 74.7 Å². The molecule has 0 aromatic carbocycles. The molecule has 2 atom stereocenters. The summed E-state index contributed by atoms with van der Waals surface area (Å²) in [6.07, 6.45) is 0. The average Bonchev–Trinajstić information content (AvgIpc) is 2.45. The minimum absolute atomic E-state index is 0.0934. The number of sulfonamides is 1. The summed E-state index contributed by atoms with van der Waals surface area (Å²) in [6, 6.07) is 0. The predicted molar refractivity (Wildman–Crippen MR) is 60.5 cm³/mol. The Hall–Kier alpha value is -0.620. The molecule has 1 rings (SSSR count). The van der Waals surface area contributed by atoms with E-state index in [0.29, 0.717) is 6.54 Å². The molecular weight excluding hydrogens is 230 g/mol. The molecule has 0 spiro atoms. The van der Waals surface area contributed by atoms with E-state index in [2.05, 4.69) is 0 Å². The van der Waals surface area contributed by atoms with Gasteiger partial charge in [-0.2, -0.15) is 0 Å². The molecule has 5 nitrogen and oxygen atoms in total. The molecule has 1 fully saturated rings. The zero-order chi connectivity index (χ0) is 12.7. The van der Waals surface area contributed by atoms with Crippen LogP contribution in [0.15, 0.2) is 0 Å². The molecule has 1 N–H and O–H groups in total. The van der Waals surface area contributed by atoms with Crippen molar-refractivity contribution in [3.05, 3.63) is 0 Å². The Kier molecular flexibility index (Phi) is 3.36. The van der Waals surface area contributed by atoms with Gasteiger partial charge in [0.25, 0.3) is 0 Å². The van der Waals surface area contributed by atoms with Gasteiger partial charge in [0.15, 0.2) is 0 Å². The summed E-state index contributed by atoms with van der Waals surface area (Å²) in [5.74, 6) is -1.63. The Labute approximate surface area is 96.5 Å². The van der Waals surface area contributed by atoms with Crippen LogP contribution in [0.4, 0.5) is 0 Å². The second-order valence-corrected chi connectivity index (χ2v) is 8.05. The normalized spacial score (nSPS) is 28.2. The Morgan fingerprint density at radius 1 is 1.31 bits per heavy atom. The van der Waals surface area contributed by atoms with Gasteiger partial charge in [0.1, 0.15) is 0 Å². The lowest BCUT2D eigenvalue weighted by Gasteiger charge is -2.26. The third kappa shape index (κ3) is 2.22. The van der Waals surface area contributed by atoms with Crippen LogP contribution in [0.1, 0.15) is 27.7 Å². The van der Waals surface area contributed by atoms with Gasteiger partial charge in [0, 0.05) is 13.1 Å². The smallest absolute Gasteiger partial charge is 0.308 e. The second kappa shape index (κ2) is 4.00. The Morgan fingerprint density at radius 3 is 2.12 bits per heavy atom. The van der Waals surface area contributed by atoms with Crippen molar-refractivity contribution in [3.8, 4) is 0 Å². The molecule has 0 aliphatic carbocycles. The van der Waals surface area contributed by atoms with Crippen LogP contribution < -0.4 is 0 Å². The van der Waals surface area contributed by atoms with Crippen LogP contribution in [0.3, 0.4) is 0 Å². The van der Waals surface area contributed by atoms with Crippen LogP contribution in [-0.2, 0) is 14.8 Å². The van der Waals surface area contributed by atoms with Gasteiger partial charge >= 0.3 is 5.97 Å². The summed E-state index contributed by atoms with van der Waals surface area (Å²) in [5, 5.41) is 8.95. The molecule has 0 aromatic heterocycles. The highest BCUT2D eigenvalue weighted by atomic mass is 32.2. The van der Waals surface area contributed by atoms with Crippen LogP contribution in [-0.4, -0.2) is 41.6 Å². The predicted octanol–water partition coefficient (Wildman–Crippen LogP) is 0.767. The van der Waals surface area contributed by atoms with Gasteiger partial charge in [-0.25, -0.2) is 12.7 Å². The van der Waals surface area contributed by atoms with E-state index >= 15 is 0 Å². The van der Waals surface area contributed by atoms with Gasteiger partial charge in [0.05, 0.1) is 10.7 Å². The molecule has 1 aliphatic rings. The molecule has 2 unspecified atom stereocenters. The van der Waals surface area contributed by atoms with Crippen LogP contribution in [0.2, 0.25) is 0 Å². The van der Waals surface area contributed by atoms with Gasteiger partial charge in [-0.1, -0.05) is 6.92 Å². The van der Waals surface area contributed by atoms with Crippen LogP contribution in [0, 0.1) is 11.8 Å². The highest BCUT2D eigenvalue weighted by Gasteiger charge is 2.44. The number of nitrogens with zero attached hydrogens (tertiary/aromatic N) is 1. The molecule has 1 saturated heterocycles. The molecule has 1 heterocycles. The largest absolute Gasteiger partial charge is 0.481 e. The number of carboxylic acid groups (broad SMARTS) is 1. The highest BCUT2D eigenvalue weighted by Crippen LogP contribution is 2.30. The summed E-state index contributed by atoms with van der Waals surface area (Å²) in [5.41, 5.74) is 0. The molecule has 0 aromatic rings. The number of carbonyl (C=O) groups is 1. The van der Waals surface area contributed by atoms with E-state index in [9.17, 15) is 13.2 Å². The molecular formula is C10H19NO4S. The first-order chi connectivity index (χ1) is 7.07. The number of hydrogen-bond donors (Lipinski definition) is 1. The van der Waals surface area contributed by atoms with Crippen LogP contribution in [0.25, 0.3) is 0 Å². The minimum Gasteiger partial charge on any atom is -0.481 e. The lowest BCUT2D eigenvalue weighted by Crippen LogP contribution is -2.42. The van der Waals surface area contributed by atoms with Crippen molar-refractivity contribution in [2.24, 2.45) is 11.8 Å². The van der Waals surface area contributed by atoms with Crippen molar-refractivity contribution in [1.82, 2.24) is 4.31 Å². The molecule has 0 radical (unpaired) electrons. The van der Waals surface area contributed by atoms with Crippen LogP contribution >= 0.6 is 0 Å². The Balaban J connectivity index is 2.92. The molecule has 6 heteroatoms. The van der Waals surface area contributed by atoms with Gasteiger partial charge in [-0.3, -0.25) is 4.79 Å². The van der Waals surface area contributed by atoms with Crippen molar-refractivity contribution < 1.29 is 18.3 Å². The highest BCUT2D eigenvalue weighted by molar-refractivity contribution is 7.90. The number of aliphatic carboxylic acids is 1. The van der Waals surface area contributed by atoms with E-state index in [1.54, 1.807) is 27.7 Å². The van der Waals surface area contributed by atoms with E-state index in [-0.39, 0.29) is 12.5 Å². The Bertz CT molecular complexity index is 382. The number of rotatable bonds is 2. The first-order valence-corrected chi connectivity index (χ1v) is 6.74. The van der Waals surface area contributed by atoms with E-state index in [1.165, 1.54) is 4.31 Å². The fourth-order valence-corrected chi connectivity index (χ4v) is 3.39. The fourth-order valence-electron chi connectivity index (χ4n) is 1.83. The maximum absolute atomic E-state index is 12.1. The van der Waals surface area contributed by atoms with Crippen LogP contribution in [0.5, 0.6) is 0 Å². The zero-order valence-electron chi connectivity index (χ0n) is 10.1. The number of hydrogen-bond acceptors (Lipinski definition) is 3. The lowest BCUT2D eigenvalue weighted by atomic mass is 9.99. The van der Waals surface area contributed by atoms with E-state index in [0.717, 1.165) is 0 Å². The summed E-state index contributed by atoms with van der Waals surface area (Å²) < 4.78 is 24.6.